The lowest BCUT2D eigenvalue weighted by molar-refractivity contribution is 1.44. The highest BCUT2D eigenvalue weighted by molar-refractivity contribution is 6.15. The first-order valence-electron chi connectivity index (χ1n) is 6.00. The zero-order valence-corrected chi connectivity index (χ0v) is 11.5. The number of hydrogen-bond acceptors (Lipinski definition) is 1. The van der Waals surface area contributed by atoms with E-state index in [1.807, 2.05) is 40.7 Å². The Morgan fingerprint density at radius 2 is 1.75 bits per heavy atom. The third-order valence-electron chi connectivity index (χ3n) is 1.80. The lowest BCUT2D eigenvalue weighted by Crippen LogP contribution is -2.05. The van der Waals surface area contributed by atoms with Crippen LogP contribution in [0.15, 0.2) is 53.2 Å². The molecule has 1 aliphatic carbocycles. The average Bonchev–Trinajstić information content (AvgIpc) is 2.37. The van der Waals surface area contributed by atoms with Crippen LogP contribution in [0.5, 0.6) is 0 Å². The van der Waals surface area contributed by atoms with Gasteiger partial charge in [0.25, 0.3) is 0 Å². The van der Waals surface area contributed by atoms with Crippen molar-refractivity contribution in [1.29, 1.82) is 0 Å². The fourth-order valence-electron chi connectivity index (χ4n) is 1.18. The molecule has 0 aliphatic heterocycles. The third-order valence-corrected chi connectivity index (χ3v) is 1.80. The molecule has 0 spiro atoms. The molecule has 1 heteroatoms. The van der Waals surface area contributed by atoms with Crippen molar-refractivity contribution in [3.05, 3.63) is 48.2 Å². The van der Waals surface area contributed by atoms with E-state index in [0.717, 1.165) is 11.3 Å². The van der Waals surface area contributed by atoms with Crippen molar-refractivity contribution >= 4 is 5.71 Å². The van der Waals surface area contributed by atoms with Crippen molar-refractivity contribution in [2.24, 2.45) is 4.99 Å². The second kappa shape index (κ2) is 11.7. The summed E-state index contributed by atoms with van der Waals surface area (Å²) in [6.07, 6.45) is 9.77. The third kappa shape index (κ3) is 5.50. The molecule has 1 aliphatic rings. The number of rotatable bonds is 1. The predicted molar refractivity (Wildman–Crippen MR) is 77.0 cm³/mol. The Morgan fingerprint density at radius 1 is 1.19 bits per heavy atom. The van der Waals surface area contributed by atoms with Gasteiger partial charge in [-0.2, -0.15) is 0 Å². The highest BCUT2D eigenvalue weighted by atomic mass is 14.7. The molecule has 16 heavy (non-hydrogen) atoms. The predicted octanol–water partition coefficient (Wildman–Crippen LogP) is 5.09. The largest absolute Gasteiger partial charge is 0.257 e. The van der Waals surface area contributed by atoms with E-state index in [0.29, 0.717) is 0 Å². The van der Waals surface area contributed by atoms with E-state index in [-0.39, 0.29) is 0 Å². The molecule has 0 N–H and O–H groups in total. The van der Waals surface area contributed by atoms with Gasteiger partial charge in [0.05, 0.1) is 5.71 Å². The minimum atomic E-state index is 1.02. The van der Waals surface area contributed by atoms with Crippen molar-refractivity contribution in [1.82, 2.24) is 0 Å². The topological polar surface area (TPSA) is 12.4 Å². The van der Waals surface area contributed by atoms with Crippen LogP contribution >= 0.6 is 0 Å². The summed E-state index contributed by atoms with van der Waals surface area (Å²) in [5, 5.41) is 0. The summed E-state index contributed by atoms with van der Waals surface area (Å²) >= 11 is 0. The first-order valence-corrected chi connectivity index (χ1v) is 6.00. The van der Waals surface area contributed by atoms with Crippen LogP contribution < -0.4 is 0 Å². The standard InChI is InChI=1S/C11H13N.2C2H6/c1-4-10-8-6-7-9(3)11(10)12-5-2;2*1-2/h4-8H,2H2,1,3H3;2*1-2H3/b10-4-,12-11?;;. The highest BCUT2D eigenvalue weighted by Crippen LogP contribution is 2.14. The lowest BCUT2D eigenvalue weighted by atomic mass is 9.98. The van der Waals surface area contributed by atoms with E-state index in [1.165, 1.54) is 5.57 Å². The van der Waals surface area contributed by atoms with Gasteiger partial charge in [-0.3, -0.25) is 4.99 Å². The molecular formula is C15H25N. The summed E-state index contributed by atoms with van der Waals surface area (Å²) in [6, 6.07) is 0. The summed E-state index contributed by atoms with van der Waals surface area (Å²) in [4.78, 5) is 4.21. The van der Waals surface area contributed by atoms with Crippen LogP contribution in [0.1, 0.15) is 41.5 Å². The van der Waals surface area contributed by atoms with Gasteiger partial charge in [-0.1, -0.05) is 58.6 Å². The first-order chi connectivity index (χ1) is 7.79. The number of allylic oxidation sites excluding steroid dienone is 6. The normalized spacial score (nSPS) is 18.0. The molecule has 1 rings (SSSR count). The van der Waals surface area contributed by atoms with Crippen molar-refractivity contribution in [3.8, 4) is 0 Å². The first kappa shape index (κ1) is 17.0. The van der Waals surface area contributed by atoms with Crippen LogP contribution in [0.2, 0.25) is 0 Å². The molecule has 0 radical (unpaired) electrons. The van der Waals surface area contributed by atoms with Crippen LogP contribution in [0.25, 0.3) is 0 Å². The zero-order valence-electron chi connectivity index (χ0n) is 11.5. The molecule has 0 aromatic carbocycles. The Hall–Kier alpha value is -1.37. The van der Waals surface area contributed by atoms with Crippen molar-refractivity contribution < 1.29 is 0 Å². The SMILES string of the molecule is C=CN=C1C(C)=CC=C/C1=C/C.CC.CC. The molecule has 0 aromatic heterocycles. The van der Waals surface area contributed by atoms with E-state index in [1.54, 1.807) is 6.20 Å². The Kier molecular flexibility index (Phi) is 12.5. The molecule has 0 fully saturated rings. The van der Waals surface area contributed by atoms with E-state index < -0.39 is 0 Å². The van der Waals surface area contributed by atoms with Gasteiger partial charge in [0.2, 0.25) is 0 Å². The Morgan fingerprint density at radius 3 is 2.19 bits per heavy atom. The maximum Gasteiger partial charge on any atom is 0.0727 e. The molecule has 0 aromatic rings. The molecule has 0 unspecified atom stereocenters. The van der Waals surface area contributed by atoms with Gasteiger partial charge in [-0.25, -0.2) is 0 Å². The number of nitrogens with zero attached hydrogens (tertiary/aromatic N) is 1. The maximum absolute atomic E-state index is 4.21. The average molecular weight is 219 g/mol. The molecule has 0 heterocycles. The molecule has 0 saturated heterocycles. The Balaban J connectivity index is 0. The smallest absolute Gasteiger partial charge is 0.0727 e. The van der Waals surface area contributed by atoms with E-state index in [2.05, 4.69) is 36.7 Å². The second-order valence-corrected chi connectivity index (χ2v) is 2.61. The zero-order chi connectivity index (χ0) is 13.0. The van der Waals surface area contributed by atoms with E-state index >= 15 is 0 Å². The molecule has 0 amide bonds. The van der Waals surface area contributed by atoms with Crippen LogP contribution in [0.4, 0.5) is 0 Å². The molecule has 1 nitrogen and oxygen atoms in total. The Bertz CT molecular complexity index is 301. The summed E-state index contributed by atoms with van der Waals surface area (Å²) in [5.41, 5.74) is 3.37. The monoisotopic (exact) mass is 219 g/mol. The molecule has 0 saturated carbocycles. The van der Waals surface area contributed by atoms with Gasteiger partial charge in [0.15, 0.2) is 0 Å². The lowest BCUT2D eigenvalue weighted by Gasteiger charge is -2.09. The van der Waals surface area contributed by atoms with E-state index in [4.69, 9.17) is 0 Å². The van der Waals surface area contributed by atoms with E-state index in [9.17, 15) is 0 Å². The number of hydrogen-bond donors (Lipinski definition) is 0. The van der Waals surface area contributed by atoms with Crippen LogP contribution in [-0.2, 0) is 0 Å². The van der Waals surface area contributed by atoms with Crippen LogP contribution in [0, 0.1) is 0 Å². The van der Waals surface area contributed by atoms with Gasteiger partial charge in [0.1, 0.15) is 0 Å². The number of aliphatic imine (C=N–C) groups is 1. The minimum absolute atomic E-state index is 1.02. The molecule has 90 valence electrons. The second-order valence-electron chi connectivity index (χ2n) is 2.61. The van der Waals surface area contributed by atoms with Gasteiger partial charge < -0.3 is 0 Å². The molecule has 0 bridgehead atoms. The molecular weight excluding hydrogens is 194 g/mol. The van der Waals surface area contributed by atoms with Crippen molar-refractivity contribution in [3.63, 3.8) is 0 Å². The summed E-state index contributed by atoms with van der Waals surface area (Å²) < 4.78 is 0. The minimum Gasteiger partial charge on any atom is -0.257 e. The summed E-state index contributed by atoms with van der Waals surface area (Å²) in [6.45, 7) is 15.7. The van der Waals surface area contributed by atoms with Crippen molar-refractivity contribution in [2.75, 3.05) is 0 Å². The van der Waals surface area contributed by atoms with Gasteiger partial charge >= 0.3 is 0 Å². The van der Waals surface area contributed by atoms with Crippen molar-refractivity contribution in [2.45, 2.75) is 41.5 Å². The maximum atomic E-state index is 4.21. The van der Waals surface area contributed by atoms with Crippen LogP contribution in [-0.4, -0.2) is 5.71 Å². The summed E-state index contributed by atoms with van der Waals surface area (Å²) in [5.74, 6) is 0. The van der Waals surface area contributed by atoms with Crippen LogP contribution in [0.3, 0.4) is 0 Å². The Labute approximate surface area is 101 Å². The van der Waals surface area contributed by atoms with Gasteiger partial charge in [0, 0.05) is 6.20 Å². The summed E-state index contributed by atoms with van der Waals surface area (Å²) in [7, 11) is 0. The fraction of sp³-hybridized carbons (Fsp3) is 0.400. The fourth-order valence-corrected chi connectivity index (χ4v) is 1.18. The van der Waals surface area contributed by atoms with Gasteiger partial charge in [-0.05, 0) is 25.0 Å². The molecule has 0 atom stereocenters. The highest BCUT2D eigenvalue weighted by Gasteiger charge is 2.07. The quantitative estimate of drug-likeness (QED) is 0.582. The van der Waals surface area contributed by atoms with Gasteiger partial charge in [-0.15, -0.1) is 0 Å².